The lowest BCUT2D eigenvalue weighted by Crippen LogP contribution is -2.50. The van der Waals surface area contributed by atoms with E-state index in [2.05, 4.69) is 13.8 Å². The molecule has 0 heterocycles. The first-order valence-electron chi connectivity index (χ1n) is 9.07. The highest BCUT2D eigenvalue weighted by Crippen LogP contribution is 2.63. The molecular formula is C20H26O4. The summed E-state index contributed by atoms with van der Waals surface area (Å²) in [7, 11) is 0. The Labute approximate surface area is 142 Å². The van der Waals surface area contributed by atoms with Crippen molar-refractivity contribution >= 4 is 5.97 Å². The smallest absolute Gasteiger partial charge is 0.307 e. The van der Waals surface area contributed by atoms with Crippen LogP contribution in [0.1, 0.15) is 55.2 Å². The van der Waals surface area contributed by atoms with Crippen LogP contribution in [0.15, 0.2) is 12.1 Å². The quantitative estimate of drug-likeness (QED) is 0.739. The predicted molar refractivity (Wildman–Crippen MR) is 90.0 cm³/mol. The van der Waals surface area contributed by atoms with Crippen LogP contribution in [0, 0.1) is 30.1 Å². The van der Waals surface area contributed by atoms with Crippen LogP contribution in [0.5, 0.6) is 5.75 Å². The summed E-state index contributed by atoms with van der Waals surface area (Å²) in [6.07, 6.45) is 3.42. The van der Waals surface area contributed by atoms with Crippen molar-refractivity contribution in [1.29, 1.82) is 0 Å². The molecule has 6 atom stereocenters. The Morgan fingerprint density at radius 1 is 1.25 bits per heavy atom. The van der Waals surface area contributed by atoms with Crippen molar-refractivity contribution in [3.05, 3.63) is 28.8 Å². The number of hydrogen-bond donors (Lipinski definition) is 3. The molecule has 3 N–H and O–H groups in total. The van der Waals surface area contributed by atoms with E-state index in [-0.39, 0.29) is 17.3 Å². The molecule has 1 aromatic carbocycles. The van der Waals surface area contributed by atoms with Gasteiger partial charge >= 0.3 is 5.97 Å². The molecule has 2 fully saturated rings. The van der Waals surface area contributed by atoms with Gasteiger partial charge in [-0.25, -0.2) is 0 Å². The number of carboxylic acid groups (broad SMARTS) is 1. The highest BCUT2D eigenvalue weighted by molar-refractivity contribution is 5.71. The summed E-state index contributed by atoms with van der Waals surface area (Å²) >= 11 is 0. The Morgan fingerprint density at radius 2 is 2.00 bits per heavy atom. The normalized spacial score (nSPS) is 40.5. The number of aromatic hydroxyl groups is 1. The van der Waals surface area contributed by atoms with Crippen LogP contribution in [0.2, 0.25) is 0 Å². The Bertz CT molecular complexity index is 697. The SMILES string of the molecule is Cc1ccc(O)c2c1C1C(O)C[C@@]3(C)C(CC[C@@H]3C(=O)O)C1CC2. The van der Waals surface area contributed by atoms with Crippen molar-refractivity contribution in [2.24, 2.45) is 23.2 Å². The van der Waals surface area contributed by atoms with Gasteiger partial charge in [-0.15, -0.1) is 0 Å². The predicted octanol–water partition coefficient (Wildman–Crippen LogP) is 3.23. The second kappa shape index (κ2) is 5.22. The van der Waals surface area contributed by atoms with E-state index in [1.807, 2.05) is 6.07 Å². The van der Waals surface area contributed by atoms with E-state index in [4.69, 9.17) is 0 Å². The standard InChI is InChI=1S/C20H26O4/c1-10-3-8-15(21)12-5-4-11-13-6-7-14(19(23)24)20(13,2)9-16(22)18(11)17(10)12/h3,8,11,13-14,16,18,21-22H,4-7,9H2,1-2H3,(H,23,24)/t11?,13?,14-,16?,18?,20+/m1/s1. The number of fused-ring (bicyclic) bond motifs is 5. The third-order valence-corrected chi connectivity index (χ3v) is 7.36. The summed E-state index contributed by atoms with van der Waals surface area (Å²) < 4.78 is 0. The minimum atomic E-state index is -0.712. The van der Waals surface area contributed by atoms with Gasteiger partial charge < -0.3 is 15.3 Å². The van der Waals surface area contributed by atoms with Crippen molar-refractivity contribution in [3.8, 4) is 5.75 Å². The van der Waals surface area contributed by atoms with E-state index in [1.165, 1.54) is 0 Å². The molecule has 0 amide bonds. The molecule has 130 valence electrons. The van der Waals surface area contributed by atoms with Crippen LogP contribution < -0.4 is 0 Å². The van der Waals surface area contributed by atoms with Gasteiger partial charge in [-0.2, -0.15) is 0 Å². The third kappa shape index (κ3) is 1.98. The molecule has 3 aliphatic rings. The Balaban J connectivity index is 1.79. The van der Waals surface area contributed by atoms with Gasteiger partial charge in [0.2, 0.25) is 0 Å². The average molecular weight is 330 g/mol. The fourth-order valence-corrected chi connectivity index (χ4v) is 6.37. The Morgan fingerprint density at radius 3 is 2.71 bits per heavy atom. The maximum Gasteiger partial charge on any atom is 0.307 e. The maximum absolute atomic E-state index is 11.7. The van der Waals surface area contributed by atoms with Crippen LogP contribution in [0.3, 0.4) is 0 Å². The van der Waals surface area contributed by atoms with E-state index in [1.54, 1.807) is 6.07 Å². The zero-order chi connectivity index (χ0) is 17.2. The molecule has 4 heteroatoms. The van der Waals surface area contributed by atoms with E-state index in [9.17, 15) is 20.1 Å². The van der Waals surface area contributed by atoms with Gasteiger partial charge in [0.25, 0.3) is 0 Å². The van der Waals surface area contributed by atoms with Gasteiger partial charge in [-0.05, 0) is 79.0 Å². The molecule has 4 unspecified atom stereocenters. The molecule has 4 rings (SSSR count). The van der Waals surface area contributed by atoms with E-state index >= 15 is 0 Å². The zero-order valence-electron chi connectivity index (χ0n) is 14.3. The van der Waals surface area contributed by atoms with Gasteiger partial charge in [-0.1, -0.05) is 13.0 Å². The zero-order valence-corrected chi connectivity index (χ0v) is 14.3. The van der Waals surface area contributed by atoms with Gasteiger partial charge in [0.1, 0.15) is 5.75 Å². The van der Waals surface area contributed by atoms with Gasteiger partial charge in [0, 0.05) is 5.92 Å². The highest BCUT2D eigenvalue weighted by atomic mass is 16.4. The molecule has 0 aromatic heterocycles. The molecule has 2 saturated carbocycles. The monoisotopic (exact) mass is 330 g/mol. The fraction of sp³-hybridized carbons (Fsp3) is 0.650. The number of phenolic OH excluding ortho intramolecular Hbond substituents is 1. The van der Waals surface area contributed by atoms with Crippen LogP contribution in [-0.4, -0.2) is 27.4 Å². The number of benzene rings is 1. The summed E-state index contributed by atoms with van der Waals surface area (Å²) in [5.41, 5.74) is 2.94. The molecule has 0 saturated heterocycles. The number of aliphatic hydroxyl groups is 1. The molecule has 4 nitrogen and oxygen atoms in total. The molecule has 1 aromatic rings. The first kappa shape index (κ1) is 15.9. The molecule has 0 bridgehead atoms. The van der Waals surface area contributed by atoms with Crippen molar-refractivity contribution in [1.82, 2.24) is 0 Å². The minimum Gasteiger partial charge on any atom is -0.508 e. The number of hydrogen-bond acceptors (Lipinski definition) is 3. The first-order valence-corrected chi connectivity index (χ1v) is 9.07. The lowest BCUT2D eigenvalue weighted by molar-refractivity contribution is -0.149. The summed E-state index contributed by atoms with van der Waals surface area (Å²) in [5.74, 6) is -0.0191. The van der Waals surface area contributed by atoms with Crippen molar-refractivity contribution in [2.75, 3.05) is 0 Å². The number of carboxylic acids is 1. The maximum atomic E-state index is 11.7. The van der Waals surface area contributed by atoms with Gasteiger partial charge in [0.05, 0.1) is 12.0 Å². The molecular weight excluding hydrogens is 304 g/mol. The van der Waals surface area contributed by atoms with E-state index < -0.39 is 12.1 Å². The van der Waals surface area contributed by atoms with Crippen molar-refractivity contribution in [3.63, 3.8) is 0 Å². The minimum absolute atomic E-state index is 0.0338. The van der Waals surface area contributed by atoms with Crippen LogP contribution >= 0.6 is 0 Å². The molecule has 0 spiro atoms. The Hall–Kier alpha value is -1.55. The lowest BCUT2D eigenvalue weighted by Gasteiger charge is -2.52. The largest absolute Gasteiger partial charge is 0.508 e. The number of aryl methyl sites for hydroxylation is 1. The molecule has 3 aliphatic carbocycles. The number of phenols is 1. The van der Waals surface area contributed by atoms with Gasteiger partial charge in [0.15, 0.2) is 0 Å². The number of aliphatic hydroxyl groups excluding tert-OH is 1. The van der Waals surface area contributed by atoms with E-state index in [0.29, 0.717) is 24.0 Å². The molecule has 0 aliphatic heterocycles. The highest BCUT2D eigenvalue weighted by Gasteiger charge is 2.59. The average Bonchev–Trinajstić information content (AvgIpc) is 2.87. The van der Waals surface area contributed by atoms with Crippen molar-refractivity contribution < 1.29 is 20.1 Å². The van der Waals surface area contributed by atoms with Crippen LogP contribution in [0.4, 0.5) is 0 Å². The lowest BCUT2D eigenvalue weighted by atomic mass is 9.53. The van der Waals surface area contributed by atoms with Crippen LogP contribution in [-0.2, 0) is 11.2 Å². The third-order valence-electron chi connectivity index (χ3n) is 7.36. The second-order valence-electron chi connectivity index (χ2n) is 8.37. The Kier molecular flexibility index (Phi) is 3.47. The number of aliphatic carboxylic acids is 1. The van der Waals surface area contributed by atoms with E-state index in [0.717, 1.165) is 42.4 Å². The van der Waals surface area contributed by atoms with Gasteiger partial charge in [-0.3, -0.25) is 4.79 Å². The summed E-state index contributed by atoms with van der Waals surface area (Å²) in [6, 6.07) is 3.69. The number of rotatable bonds is 1. The molecule has 24 heavy (non-hydrogen) atoms. The van der Waals surface area contributed by atoms with Crippen LogP contribution in [0.25, 0.3) is 0 Å². The molecule has 0 radical (unpaired) electrons. The summed E-state index contributed by atoms with van der Waals surface area (Å²) in [5, 5.41) is 30.9. The van der Waals surface area contributed by atoms with Crippen molar-refractivity contribution in [2.45, 2.75) is 58.0 Å². The topological polar surface area (TPSA) is 77.8 Å². The number of carbonyl (C=O) groups is 1. The fourth-order valence-electron chi connectivity index (χ4n) is 6.37. The second-order valence-corrected chi connectivity index (χ2v) is 8.37. The summed E-state index contributed by atoms with van der Waals surface area (Å²) in [6.45, 7) is 4.13. The summed E-state index contributed by atoms with van der Waals surface area (Å²) in [4.78, 5) is 11.7. The first-order chi connectivity index (χ1) is 11.3.